The smallest absolute Gasteiger partial charge is 0.471 e. The molecule has 2 atom stereocenters. The van der Waals surface area contributed by atoms with E-state index in [4.69, 9.17) is 18.4 Å². The number of nitrogens with zero attached hydrogens (tertiary/aromatic N) is 2. The number of fused-ring (bicyclic) bond motifs is 1. The van der Waals surface area contributed by atoms with Crippen molar-refractivity contribution in [2.24, 2.45) is 0 Å². The first-order valence-corrected chi connectivity index (χ1v) is 16.0. The van der Waals surface area contributed by atoms with E-state index in [0.717, 1.165) is 30.8 Å². The van der Waals surface area contributed by atoms with Crippen molar-refractivity contribution in [1.29, 1.82) is 0 Å². The van der Waals surface area contributed by atoms with E-state index in [1.54, 1.807) is 48.5 Å². The summed E-state index contributed by atoms with van der Waals surface area (Å²) in [7, 11) is -2.95. The normalized spacial score (nSPS) is 16.2. The Labute approximate surface area is 265 Å². The summed E-state index contributed by atoms with van der Waals surface area (Å²) in [5, 5.41) is 0.764. The van der Waals surface area contributed by atoms with Gasteiger partial charge in [0.1, 0.15) is 18.5 Å². The fraction of sp³-hybridized carbons (Fsp3) is 0.333. The van der Waals surface area contributed by atoms with Crippen LogP contribution in [-0.4, -0.2) is 64.7 Å². The Bertz CT molecular complexity index is 1760. The highest BCUT2D eigenvalue weighted by atomic mass is 32.2. The summed E-state index contributed by atoms with van der Waals surface area (Å²) in [5.74, 6) is -1.45. The second-order valence-corrected chi connectivity index (χ2v) is 12.5. The lowest BCUT2D eigenvalue weighted by atomic mass is 10.1. The maximum Gasteiger partial charge on any atom is 0.471 e. The van der Waals surface area contributed by atoms with E-state index in [0.29, 0.717) is 40.5 Å². The molecule has 0 N–H and O–H groups in total. The molecule has 3 aromatic carbocycles. The van der Waals surface area contributed by atoms with Crippen molar-refractivity contribution < 1.29 is 44.8 Å². The van der Waals surface area contributed by atoms with Crippen LogP contribution >= 0.6 is 0 Å². The molecule has 46 heavy (non-hydrogen) atoms. The standard InChI is InChI=1S/C33H33F3N2O7S/c1-22-6-14-28(15-7-22)46(40,41)44-21-27(45-31-5-3-4-18-42-31)20-43-26-13-17-30-24(19-26)10-16-29(37-30)23-8-11-25(12-9-23)38(2)32(39)33(34,35)36/h6-17,19,27,31H,3-5,18,20-21H2,1-2H3. The number of anilines is 1. The molecule has 1 amide bonds. The Kier molecular flexibility index (Phi) is 10.3. The van der Waals surface area contributed by atoms with E-state index >= 15 is 0 Å². The minimum atomic E-state index is -4.97. The first kappa shape index (κ1) is 33.3. The van der Waals surface area contributed by atoms with Crippen LogP contribution < -0.4 is 9.64 Å². The predicted molar refractivity (Wildman–Crippen MR) is 165 cm³/mol. The van der Waals surface area contributed by atoms with Crippen LogP contribution in [0.4, 0.5) is 18.9 Å². The first-order chi connectivity index (χ1) is 21.9. The number of alkyl halides is 3. The molecule has 4 aromatic rings. The predicted octanol–water partition coefficient (Wildman–Crippen LogP) is 6.43. The van der Waals surface area contributed by atoms with E-state index in [2.05, 4.69) is 4.98 Å². The van der Waals surface area contributed by atoms with Gasteiger partial charge in [-0.15, -0.1) is 0 Å². The Balaban J connectivity index is 1.25. The average molecular weight is 659 g/mol. The van der Waals surface area contributed by atoms with Crippen LogP contribution in [0.25, 0.3) is 22.2 Å². The molecule has 13 heteroatoms. The number of rotatable bonds is 11. The highest BCUT2D eigenvalue weighted by molar-refractivity contribution is 7.86. The van der Waals surface area contributed by atoms with Crippen molar-refractivity contribution in [1.82, 2.24) is 4.98 Å². The number of aryl methyl sites for hydroxylation is 1. The van der Waals surface area contributed by atoms with Gasteiger partial charge in [0.05, 0.1) is 22.7 Å². The number of aromatic nitrogens is 1. The maximum atomic E-state index is 12.8. The molecule has 1 aromatic heterocycles. The van der Waals surface area contributed by atoms with Gasteiger partial charge in [-0.3, -0.25) is 8.98 Å². The molecule has 1 saturated heterocycles. The zero-order chi connectivity index (χ0) is 32.9. The van der Waals surface area contributed by atoms with Crippen LogP contribution in [0.15, 0.2) is 83.8 Å². The van der Waals surface area contributed by atoms with E-state index < -0.39 is 34.6 Å². The van der Waals surface area contributed by atoms with Crippen LogP contribution in [0.5, 0.6) is 5.75 Å². The van der Waals surface area contributed by atoms with Crippen molar-refractivity contribution in [3.63, 3.8) is 0 Å². The molecule has 0 aliphatic carbocycles. The highest BCUT2D eigenvalue weighted by Gasteiger charge is 2.41. The van der Waals surface area contributed by atoms with E-state index in [-0.39, 0.29) is 23.8 Å². The summed E-state index contributed by atoms with van der Waals surface area (Å²) in [6.07, 6.45) is -3.67. The van der Waals surface area contributed by atoms with Gasteiger partial charge in [-0.05, 0) is 74.7 Å². The van der Waals surface area contributed by atoms with Gasteiger partial charge in [0.25, 0.3) is 10.1 Å². The quantitative estimate of drug-likeness (QED) is 0.170. The molecule has 1 aliphatic rings. The Morgan fingerprint density at radius 3 is 2.41 bits per heavy atom. The molecular weight excluding hydrogens is 625 g/mol. The second-order valence-electron chi connectivity index (χ2n) is 10.9. The Hall–Kier alpha value is -4.04. The largest absolute Gasteiger partial charge is 0.491 e. The van der Waals surface area contributed by atoms with Gasteiger partial charge in [-0.25, -0.2) is 4.98 Å². The summed E-state index contributed by atoms with van der Waals surface area (Å²) in [6, 6.07) is 21.3. The van der Waals surface area contributed by atoms with Gasteiger partial charge in [0, 0.05) is 30.3 Å². The van der Waals surface area contributed by atoms with Crippen LogP contribution in [0.1, 0.15) is 24.8 Å². The van der Waals surface area contributed by atoms with Crippen LogP contribution in [0, 0.1) is 6.92 Å². The number of ether oxygens (including phenoxy) is 3. The van der Waals surface area contributed by atoms with E-state index in [9.17, 15) is 26.4 Å². The molecule has 5 rings (SSSR count). The summed E-state index contributed by atoms with van der Waals surface area (Å²) < 4.78 is 87.0. The third-order valence-electron chi connectivity index (χ3n) is 7.39. The fourth-order valence-corrected chi connectivity index (χ4v) is 5.74. The van der Waals surface area contributed by atoms with Gasteiger partial charge in [-0.1, -0.05) is 35.9 Å². The molecule has 9 nitrogen and oxygen atoms in total. The number of hydrogen-bond donors (Lipinski definition) is 0. The SMILES string of the molecule is Cc1ccc(S(=O)(=O)OCC(COc2ccc3nc(-c4ccc(N(C)C(=O)C(F)(F)F)cc4)ccc3c2)OC2CCCCO2)cc1. The molecule has 0 bridgehead atoms. The average Bonchev–Trinajstić information content (AvgIpc) is 3.05. The molecule has 0 saturated carbocycles. The van der Waals surface area contributed by atoms with E-state index in [1.807, 2.05) is 13.0 Å². The third kappa shape index (κ3) is 8.40. The van der Waals surface area contributed by atoms with Crippen molar-refractivity contribution >= 4 is 32.6 Å². The lowest BCUT2D eigenvalue weighted by Crippen LogP contribution is -2.38. The second kappa shape index (κ2) is 14.2. The summed E-state index contributed by atoms with van der Waals surface area (Å²) in [5.41, 5.74) is 2.92. The Morgan fingerprint density at radius 1 is 1.00 bits per heavy atom. The zero-order valence-corrected chi connectivity index (χ0v) is 26.0. The van der Waals surface area contributed by atoms with Gasteiger partial charge < -0.3 is 19.1 Å². The zero-order valence-electron chi connectivity index (χ0n) is 25.2. The summed E-state index contributed by atoms with van der Waals surface area (Å²) in [4.78, 5) is 16.8. The fourth-order valence-electron chi connectivity index (χ4n) is 4.80. The van der Waals surface area contributed by atoms with E-state index in [1.165, 1.54) is 24.3 Å². The topological polar surface area (TPSA) is 104 Å². The number of amides is 1. The van der Waals surface area contributed by atoms with Crippen molar-refractivity contribution in [2.75, 3.05) is 31.8 Å². The lowest BCUT2D eigenvalue weighted by molar-refractivity contribution is -0.198. The maximum absolute atomic E-state index is 12.8. The molecule has 0 spiro atoms. The summed E-state index contributed by atoms with van der Waals surface area (Å²) >= 11 is 0. The molecule has 2 unspecified atom stereocenters. The molecule has 0 radical (unpaired) electrons. The molecule has 244 valence electrons. The Morgan fingerprint density at radius 2 is 1.74 bits per heavy atom. The number of halogens is 3. The minimum absolute atomic E-state index is 0.00205. The molecule has 1 fully saturated rings. The highest BCUT2D eigenvalue weighted by Crippen LogP contribution is 2.28. The van der Waals surface area contributed by atoms with Gasteiger partial charge >= 0.3 is 12.1 Å². The van der Waals surface area contributed by atoms with Crippen LogP contribution in [-0.2, 0) is 28.6 Å². The number of hydrogen-bond acceptors (Lipinski definition) is 8. The van der Waals surface area contributed by atoms with Crippen molar-refractivity contribution in [3.05, 3.63) is 84.4 Å². The lowest BCUT2D eigenvalue weighted by Gasteiger charge is -2.27. The van der Waals surface area contributed by atoms with Gasteiger partial charge in [-0.2, -0.15) is 21.6 Å². The number of benzene rings is 3. The number of pyridine rings is 1. The van der Waals surface area contributed by atoms with Gasteiger partial charge in [0.2, 0.25) is 0 Å². The molecule has 2 heterocycles. The number of carbonyl (C=O) groups is 1. The molecule has 1 aliphatic heterocycles. The van der Waals surface area contributed by atoms with Crippen molar-refractivity contribution in [3.8, 4) is 17.0 Å². The molecular formula is C33H33F3N2O7S. The minimum Gasteiger partial charge on any atom is -0.491 e. The number of carbonyl (C=O) groups excluding carboxylic acids is 1. The van der Waals surface area contributed by atoms with Gasteiger partial charge in [0.15, 0.2) is 6.29 Å². The van der Waals surface area contributed by atoms with Crippen LogP contribution in [0.2, 0.25) is 0 Å². The van der Waals surface area contributed by atoms with Crippen molar-refractivity contribution in [2.45, 2.75) is 49.7 Å². The first-order valence-electron chi connectivity index (χ1n) is 14.6. The third-order valence-corrected chi connectivity index (χ3v) is 8.69. The summed E-state index contributed by atoms with van der Waals surface area (Å²) in [6.45, 7) is 2.14. The monoisotopic (exact) mass is 658 g/mol. The van der Waals surface area contributed by atoms with Crippen LogP contribution in [0.3, 0.4) is 0 Å².